The van der Waals surface area contributed by atoms with Crippen molar-refractivity contribution >= 4 is 23.1 Å². The van der Waals surface area contributed by atoms with Crippen LogP contribution >= 0.6 is 11.6 Å². The third-order valence-electron chi connectivity index (χ3n) is 4.56. The molecular formula is C20H17ClN4O2. The van der Waals surface area contributed by atoms with E-state index in [9.17, 15) is 9.59 Å². The molecule has 3 heterocycles. The Morgan fingerprint density at radius 1 is 1.15 bits per heavy atom. The summed E-state index contributed by atoms with van der Waals surface area (Å²) >= 11 is 6.01. The third-order valence-corrected chi connectivity index (χ3v) is 4.81. The standard InChI is InChI=1S/C20H17ClN4O2/c21-14-3-1-12(2-4-14)17(9-15-5-8-19(26)24-15)18-7-6-16(20(27)25-18)13-10-22-23-11-13/h1-4,6-7,9-11,15H,5,8H2,(H,22,23)(H,24,26)(H,25,27)/b17-9+/t15-/m1/s1. The van der Waals surface area contributed by atoms with Crippen LogP contribution in [0.5, 0.6) is 0 Å². The summed E-state index contributed by atoms with van der Waals surface area (Å²) in [7, 11) is 0. The number of halogens is 1. The Balaban J connectivity index is 1.77. The van der Waals surface area contributed by atoms with Gasteiger partial charge in [-0.15, -0.1) is 0 Å². The minimum absolute atomic E-state index is 0.0375. The van der Waals surface area contributed by atoms with Crippen molar-refractivity contribution in [2.45, 2.75) is 18.9 Å². The number of pyridine rings is 1. The molecule has 0 saturated carbocycles. The zero-order valence-electron chi connectivity index (χ0n) is 14.3. The van der Waals surface area contributed by atoms with Crippen LogP contribution in [0, 0.1) is 0 Å². The number of nitrogens with zero attached hydrogens (tertiary/aromatic N) is 1. The first-order chi connectivity index (χ1) is 13.1. The van der Waals surface area contributed by atoms with Gasteiger partial charge in [-0.2, -0.15) is 5.10 Å². The maximum atomic E-state index is 12.6. The van der Waals surface area contributed by atoms with Gasteiger partial charge in [-0.25, -0.2) is 0 Å². The SMILES string of the molecule is O=C1CC[C@H](/C=C(\c2ccc(Cl)cc2)c2ccc(-c3cn[nH]c3)c(=O)[nH]2)N1. The molecular weight excluding hydrogens is 364 g/mol. The quantitative estimate of drug-likeness (QED) is 0.649. The highest BCUT2D eigenvalue weighted by Crippen LogP contribution is 2.26. The van der Waals surface area contributed by atoms with Crippen molar-refractivity contribution in [1.29, 1.82) is 0 Å². The number of aromatic nitrogens is 3. The number of H-pyrrole nitrogens is 2. The molecule has 1 aliphatic rings. The van der Waals surface area contributed by atoms with E-state index in [2.05, 4.69) is 20.5 Å². The maximum Gasteiger partial charge on any atom is 0.256 e. The van der Waals surface area contributed by atoms with Crippen LogP contribution in [0.25, 0.3) is 16.7 Å². The van der Waals surface area contributed by atoms with Crippen molar-refractivity contribution in [2.24, 2.45) is 0 Å². The van der Waals surface area contributed by atoms with Crippen LogP contribution in [0.3, 0.4) is 0 Å². The minimum Gasteiger partial charge on any atom is -0.350 e. The van der Waals surface area contributed by atoms with Crippen molar-refractivity contribution in [3.63, 3.8) is 0 Å². The molecule has 3 N–H and O–H groups in total. The highest BCUT2D eigenvalue weighted by Gasteiger charge is 2.20. The molecule has 0 bridgehead atoms. The van der Waals surface area contributed by atoms with Gasteiger partial charge in [-0.1, -0.05) is 29.8 Å². The summed E-state index contributed by atoms with van der Waals surface area (Å²) in [6, 6.07) is 11.0. The van der Waals surface area contributed by atoms with Gasteiger partial charge in [0.15, 0.2) is 0 Å². The molecule has 0 radical (unpaired) electrons. The first-order valence-corrected chi connectivity index (χ1v) is 8.98. The van der Waals surface area contributed by atoms with Crippen molar-refractivity contribution in [2.75, 3.05) is 0 Å². The largest absolute Gasteiger partial charge is 0.350 e. The average Bonchev–Trinajstić information content (AvgIpc) is 3.32. The van der Waals surface area contributed by atoms with Gasteiger partial charge in [-0.3, -0.25) is 14.7 Å². The van der Waals surface area contributed by atoms with E-state index in [1.165, 1.54) is 0 Å². The minimum atomic E-state index is -0.204. The van der Waals surface area contributed by atoms with Gasteiger partial charge < -0.3 is 10.3 Å². The van der Waals surface area contributed by atoms with Crippen LogP contribution in [0.15, 0.2) is 59.7 Å². The molecule has 1 saturated heterocycles. The number of rotatable bonds is 4. The molecule has 4 rings (SSSR count). The predicted molar refractivity (Wildman–Crippen MR) is 104 cm³/mol. The molecule has 7 heteroatoms. The fourth-order valence-corrected chi connectivity index (χ4v) is 3.32. The van der Waals surface area contributed by atoms with E-state index in [1.807, 2.05) is 24.3 Å². The summed E-state index contributed by atoms with van der Waals surface area (Å²) in [5, 5.41) is 10.2. The highest BCUT2D eigenvalue weighted by atomic mass is 35.5. The smallest absolute Gasteiger partial charge is 0.256 e. The van der Waals surface area contributed by atoms with Gasteiger partial charge in [0, 0.05) is 40.5 Å². The van der Waals surface area contributed by atoms with E-state index in [4.69, 9.17) is 11.6 Å². The Morgan fingerprint density at radius 3 is 2.59 bits per heavy atom. The summed E-state index contributed by atoms with van der Waals surface area (Å²) in [5.74, 6) is 0.0375. The van der Waals surface area contributed by atoms with Gasteiger partial charge in [0.05, 0.1) is 11.8 Å². The molecule has 1 aromatic carbocycles. The zero-order chi connectivity index (χ0) is 18.8. The molecule has 1 amide bonds. The normalized spacial score (nSPS) is 17.1. The molecule has 0 aliphatic carbocycles. The summed E-state index contributed by atoms with van der Waals surface area (Å²) in [6.45, 7) is 0. The van der Waals surface area contributed by atoms with Gasteiger partial charge in [0.25, 0.3) is 5.56 Å². The van der Waals surface area contributed by atoms with E-state index in [1.54, 1.807) is 30.6 Å². The first kappa shape index (κ1) is 17.3. The number of nitrogens with one attached hydrogen (secondary N) is 3. The van der Waals surface area contributed by atoms with E-state index < -0.39 is 0 Å². The lowest BCUT2D eigenvalue weighted by Gasteiger charge is -2.13. The zero-order valence-corrected chi connectivity index (χ0v) is 15.1. The molecule has 3 aromatic rings. The number of amides is 1. The van der Waals surface area contributed by atoms with E-state index in [0.717, 1.165) is 23.1 Å². The summed E-state index contributed by atoms with van der Waals surface area (Å²) < 4.78 is 0. The Bertz CT molecular complexity index is 1050. The van der Waals surface area contributed by atoms with Crippen LogP contribution < -0.4 is 10.9 Å². The Hall–Kier alpha value is -3.12. The summed E-state index contributed by atoms with van der Waals surface area (Å²) in [6.07, 6.45) is 6.50. The van der Waals surface area contributed by atoms with Crippen LogP contribution in [-0.4, -0.2) is 27.1 Å². The number of carbonyl (C=O) groups is 1. The Morgan fingerprint density at radius 2 is 1.96 bits per heavy atom. The molecule has 6 nitrogen and oxygen atoms in total. The van der Waals surface area contributed by atoms with E-state index >= 15 is 0 Å². The monoisotopic (exact) mass is 380 g/mol. The summed E-state index contributed by atoms with van der Waals surface area (Å²) in [4.78, 5) is 27.1. The Labute approximate surface area is 160 Å². The van der Waals surface area contributed by atoms with Gasteiger partial charge >= 0.3 is 0 Å². The maximum absolute atomic E-state index is 12.6. The number of aromatic amines is 2. The lowest BCUT2D eigenvalue weighted by Crippen LogP contribution is -2.23. The average molecular weight is 381 g/mol. The fourth-order valence-electron chi connectivity index (χ4n) is 3.19. The van der Waals surface area contributed by atoms with Crippen molar-refractivity contribution < 1.29 is 4.79 Å². The molecule has 1 atom stereocenters. The topological polar surface area (TPSA) is 90.6 Å². The van der Waals surface area contributed by atoms with Gasteiger partial charge in [0.2, 0.25) is 5.91 Å². The van der Waals surface area contributed by atoms with Gasteiger partial charge in [-0.05, 0) is 36.2 Å². The fraction of sp³-hybridized carbons (Fsp3) is 0.150. The predicted octanol–water partition coefficient (Wildman–Crippen LogP) is 3.13. The highest BCUT2D eigenvalue weighted by molar-refractivity contribution is 6.30. The van der Waals surface area contributed by atoms with Crippen molar-refractivity contribution in [1.82, 2.24) is 20.5 Å². The van der Waals surface area contributed by atoms with E-state index in [-0.39, 0.29) is 17.5 Å². The summed E-state index contributed by atoms with van der Waals surface area (Å²) in [5.41, 5.74) is 3.49. The number of hydrogen-bond donors (Lipinski definition) is 3. The van der Waals surface area contributed by atoms with Crippen LogP contribution in [0.2, 0.25) is 5.02 Å². The molecule has 2 aromatic heterocycles. The first-order valence-electron chi connectivity index (χ1n) is 8.60. The molecule has 0 unspecified atom stereocenters. The number of carbonyl (C=O) groups excluding carboxylic acids is 1. The van der Waals surface area contributed by atoms with Crippen molar-refractivity contribution in [3.8, 4) is 11.1 Å². The molecule has 27 heavy (non-hydrogen) atoms. The van der Waals surface area contributed by atoms with Crippen molar-refractivity contribution in [3.05, 3.63) is 81.5 Å². The second-order valence-electron chi connectivity index (χ2n) is 6.40. The second-order valence-corrected chi connectivity index (χ2v) is 6.84. The Kier molecular flexibility index (Phi) is 4.64. The molecule has 1 fully saturated rings. The number of benzene rings is 1. The second kappa shape index (κ2) is 7.25. The van der Waals surface area contributed by atoms with Crippen LogP contribution in [0.4, 0.5) is 0 Å². The lowest BCUT2D eigenvalue weighted by molar-refractivity contribution is -0.119. The van der Waals surface area contributed by atoms with Crippen LogP contribution in [-0.2, 0) is 4.79 Å². The van der Waals surface area contributed by atoms with Gasteiger partial charge in [0.1, 0.15) is 0 Å². The number of hydrogen-bond acceptors (Lipinski definition) is 3. The van der Waals surface area contributed by atoms with Crippen LogP contribution in [0.1, 0.15) is 24.1 Å². The molecule has 0 spiro atoms. The molecule has 136 valence electrons. The third kappa shape index (κ3) is 3.71. The van der Waals surface area contributed by atoms with E-state index in [0.29, 0.717) is 22.7 Å². The lowest BCUT2D eigenvalue weighted by atomic mass is 9.98. The molecule has 1 aliphatic heterocycles.